The van der Waals surface area contributed by atoms with Crippen LogP contribution in [0.4, 0.5) is 4.79 Å². The van der Waals surface area contributed by atoms with Crippen LogP contribution in [0.15, 0.2) is 24.5 Å². The third-order valence-electron chi connectivity index (χ3n) is 2.78. The van der Waals surface area contributed by atoms with Crippen LogP contribution in [-0.2, 0) is 17.9 Å². The maximum absolute atomic E-state index is 11.6. The van der Waals surface area contributed by atoms with E-state index in [1.54, 1.807) is 38.6 Å². The summed E-state index contributed by atoms with van der Waals surface area (Å²) in [5, 5.41) is 15.8. The molecule has 0 aliphatic carbocycles. The van der Waals surface area contributed by atoms with Gasteiger partial charge in [-0.25, -0.2) is 14.5 Å². The van der Waals surface area contributed by atoms with Gasteiger partial charge in [-0.1, -0.05) is 0 Å². The molecule has 0 aliphatic rings. The van der Waals surface area contributed by atoms with E-state index in [1.807, 2.05) is 0 Å². The number of carbonyl (C=O) groups excluding carboxylic acids is 1. The Morgan fingerprint density at radius 3 is 2.59 bits per heavy atom. The summed E-state index contributed by atoms with van der Waals surface area (Å²) in [4.78, 5) is 32.1. The second kappa shape index (κ2) is 6.66. The molecule has 0 aliphatic heterocycles. The number of hydrogen-bond acceptors (Lipinski definition) is 5. The van der Waals surface area contributed by atoms with E-state index >= 15 is 0 Å². The maximum atomic E-state index is 11.6. The lowest BCUT2D eigenvalue weighted by Gasteiger charge is -2.11. The summed E-state index contributed by atoms with van der Waals surface area (Å²) in [5.41, 5.74) is 0.722. The number of nitrogens with zero attached hydrogens (tertiary/aromatic N) is 5. The predicted molar refractivity (Wildman–Crippen MR) is 76.8 cm³/mol. The van der Waals surface area contributed by atoms with Crippen LogP contribution in [0.5, 0.6) is 0 Å². The zero-order chi connectivity index (χ0) is 16.1. The Bertz CT molecular complexity index is 668. The first-order valence-electron chi connectivity index (χ1n) is 6.48. The summed E-state index contributed by atoms with van der Waals surface area (Å²) < 4.78 is 1.26. The quantitative estimate of drug-likeness (QED) is 0.815. The molecule has 2 amide bonds. The Morgan fingerprint density at radius 2 is 2.00 bits per heavy atom. The van der Waals surface area contributed by atoms with E-state index in [0.29, 0.717) is 11.6 Å². The summed E-state index contributed by atoms with van der Waals surface area (Å²) in [6, 6.07) is 3.15. The largest absolute Gasteiger partial charge is 0.480 e. The number of urea groups is 1. The highest BCUT2D eigenvalue weighted by Gasteiger charge is 2.15. The first-order chi connectivity index (χ1) is 10.5. The van der Waals surface area contributed by atoms with Gasteiger partial charge >= 0.3 is 12.0 Å². The van der Waals surface area contributed by atoms with Crippen molar-refractivity contribution in [3.05, 3.63) is 30.4 Å². The Morgan fingerprint density at radius 1 is 1.32 bits per heavy atom. The van der Waals surface area contributed by atoms with Crippen LogP contribution in [0.25, 0.3) is 11.4 Å². The van der Waals surface area contributed by atoms with Gasteiger partial charge < -0.3 is 15.3 Å². The lowest BCUT2D eigenvalue weighted by molar-refractivity contribution is -0.137. The molecule has 0 saturated carbocycles. The van der Waals surface area contributed by atoms with Crippen LogP contribution in [0.1, 0.15) is 5.82 Å². The van der Waals surface area contributed by atoms with Crippen molar-refractivity contribution in [2.45, 2.75) is 13.1 Å². The molecule has 0 spiro atoms. The minimum absolute atomic E-state index is 0.0857. The molecular weight excluding hydrogens is 288 g/mol. The second-order valence-corrected chi connectivity index (χ2v) is 4.69. The Balaban J connectivity index is 2.24. The van der Waals surface area contributed by atoms with Crippen LogP contribution in [0, 0.1) is 0 Å². The fourth-order valence-corrected chi connectivity index (χ4v) is 1.70. The highest BCUT2D eigenvalue weighted by Crippen LogP contribution is 2.14. The number of aliphatic carboxylic acids is 1. The van der Waals surface area contributed by atoms with Crippen molar-refractivity contribution in [2.75, 3.05) is 14.1 Å². The lowest BCUT2D eigenvalue weighted by Crippen LogP contribution is -2.34. The number of carboxylic acid groups (broad SMARTS) is 1. The fraction of sp³-hybridized carbons (Fsp3) is 0.308. The van der Waals surface area contributed by atoms with Crippen molar-refractivity contribution in [1.29, 1.82) is 0 Å². The van der Waals surface area contributed by atoms with E-state index in [1.165, 1.54) is 9.58 Å². The molecule has 2 aromatic heterocycles. The molecule has 0 bridgehead atoms. The fourth-order valence-electron chi connectivity index (χ4n) is 1.70. The first kappa shape index (κ1) is 15.4. The third-order valence-corrected chi connectivity index (χ3v) is 2.78. The molecule has 9 nitrogen and oxygen atoms in total. The summed E-state index contributed by atoms with van der Waals surface area (Å²) in [7, 11) is 3.22. The molecule has 2 heterocycles. The summed E-state index contributed by atoms with van der Waals surface area (Å²) in [5.74, 6) is -0.284. The van der Waals surface area contributed by atoms with E-state index in [0.717, 1.165) is 5.56 Å². The molecule has 0 fully saturated rings. The molecular formula is C13H16N6O3. The minimum atomic E-state index is -1.04. The SMILES string of the molecule is CN(C)C(=O)NCc1nc(-c2ccncc2)nn1CC(=O)O. The van der Waals surface area contributed by atoms with Crippen LogP contribution in [-0.4, -0.2) is 55.9 Å². The topological polar surface area (TPSA) is 113 Å². The van der Waals surface area contributed by atoms with Crippen LogP contribution in [0.3, 0.4) is 0 Å². The van der Waals surface area contributed by atoms with Crippen LogP contribution >= 0.6 is 0 Å². The Kier molecular flexibility index (Phi) is 4.66. The van der Waals surface area contributed by atoms with E-state index in [2.05, 4.69) is 20.4 Å². The predicted octanol–water partition coefficient (Wildman–Crippen LogP) is 0.196. The summed E-state index contributed by atoms with van der Waals surface area (Å²) in [6.07, 6.45) is 3.20. The van der Waals surface area contributed by atoms with Crippen molar-refractivity contribution in [3.8, 4) is 11.4 Å². The molecule has 0 aromatic carbocycles. The van der Waals surface area contributed by atoms with Gasteiger partial charge in [0.2, 0.25) is 0 Å². The van der Waals surface area contributed by atoms with E-state index < -0.39 is 5.97 Å². The van der Waals surface area contributed by atoms with Gasteiger partial charge in [0.05, 0.1) is 6.54 Å². The normalized spacial score (nSPS) is 10.3. The number of nitrogens with one attached hydrogen (secondary N) is 1. The average molecular weight is 304 g/mol. The molecule has 9 heteroatoms. The highest BCUT2D eigenvalue weighted by molar-refractivity contribution is 5.73. The number of amides is 2. The zero-order valence-corrected chi connectivity index (χ0v) is 12.2. The molecule has 22 heavy (non-hydrogen) atoms. The van der Waals surface area contributed by atoms with Crippen molar-refractivity contribution < 1.29 is 14.7 Å². The van der Waals surface area contributed by atoms with Gasteiger partial charge in [-0.15, -0.1) is 0 Å². The van der Waals surface area contributed by atoms with Gasteiger partial charge in [0.1, 0.15) is 12.4 Å². The van der Waals surface area contributed by atoms with Gasteiger partial charge in [-0.05, 0) is 12.1 Å². The number of carboxylic acids is 1. The second-order valence-electron chi connectivity index (χ2n) is 4.69. The minimum Gasteiger partial charge on any atom is -0.480 e. The van der Waals surface area contributed by atoms with E-state index in [-0.39, 0.29) is 19.1 Å². The average Bonchev–Trinajstić information content (AvgIpc) is 2.87. The molecule has 116 valence electrons. The lowest BCUT2D eigenvalue weighted by atomic mass is 10.2. The number of pyridine rings is 1. The molecule has 2 aromatic rings. The number of hydrogen-bond donors (Lipinski definition) is 2. The maximum Gasteiger partial charge on any atom is 0.325 e. The van der Waals surface area contributed by atoms with Crippen molar-refractivity contribution >= 4 is 12.0 Å². The Labute approximate surface area is 126 Å². The number of aromatic nitrogens is 4. The van der Waals surface area contributed by atoms with E-state index in [4.69, 9.17) is 5.11 Å². The van der Waals surface area contributed by atoms with E-state index in [9.17, 15) is 9.59 Å². The van der Waals surface area contributed by atoms with Gasteiger partial charge in [0.25, 0.3) is 0 Å². The van der Waals surface area contributed by atoms with Crippen LogP contribution < -0.4 is 5.32 Å². The van der Waals surface area contributed by atoms with Gasteiger partial charge in [-0.2, -0.15) is 5.10 Å². The molecule has 2 N–H and O–H groups in total. The standard InChI is InChI=1S/C13H16N6O3/c1-18(2)13(22)15-7-10-16-12(9-3-5-14-6-4-9)17-19(10)8-11(20)21/h3-6H,7-8H2,1-2H3,(H,15,22)(H,20,21). The van der Waals surface area contributed by atoms with Crippen molar-refractivity contribution in [3.63, 3.8) is 0 Å². The highest BCUT2D eigenvalue weighted by atomic mass is 16.4. The van der Waals surface area contributed by atoms with Crippen molar-refractivity contribution in [1.82, 2.24) is 30.0 Å². The monoisotopic (exact) mass is 304 g/mol. The molecule has 0 unspecified atom stereocenters. The third kappa shape index (κ3) is 3.78. The van der Waals surface area contributed by atoms with Crippen molar-refractivity contribution in [2.24, 2.45) is 0 Å². The number of rotatable bonds is 5. The smallest absolute Gasteiger partial charge is 0.325 e. The number of carbonyl (C=O) groups is 2. The molecule has 0 atom stereocenters. The molecule has 2 rings (SSSR count). The summed E-state index contributed by atoms with van der Waals surface area (Å²) in [6.45, 7) is -0.242. The van der Waals surface area contributed by atoms with Gasteiger partial charge in [-0.3, -0.25) is 9.78 Å². The summed E-state index contributed by atoms with van der Waals surface area (Å²) >= 11 is 0. The van der Waals surface area contributed by atoms with Gasteiger partial charge in [0.15, 0.2) is 5.82 Å². The first-order valence-corrected chi connectivity index (χ1v) is 6.48. The zero-order valence-electron chi connectivity index (χ0n) is 12.2. The molecule has 0 radical (unpaired) electrons. The Hall–Kier alpha value is -2.97. The molecule has 0 saturated heterocycles. The van der Waals surface area contributed by atoms with Gasteiger partial charge in [0, 0.05) is 32.1 Å². The van der Waals surface area contributed by atoms with Crippen LogP contribution in [0.2, 0.25) is 0 Å².